The van der Waals surface area contributed by atoms with E-state index in [0.29, 0.717) is 32.5 Å². The molecule has 7 nitrogen and oxygen atoms in total. The van der Waals surface area contributed by atoms with Gasteiger partial charge in [-0.3, -0.25) is 14.5 Å². The third kappa shape index (κ3) is 6.98. The summed E-state index contributed by atoms with van der Waals surface area (Å²) in [7, 11) is 0. The molecule has 222 valence electrons. The number of hydrogen-bond acceptors (Lipinski definition) is 7. The van der Waals surface area contributed by atoms with E-state index in [2.05, 4.69) is 112 Å². The Morgan fingerprint density at radius 3 is 2.07 bits per heavy atom. The number of carbonyl (C=O) groups is 2. The van der Waals surface area contributed by atoms with E-state index in [1.807, 2.05) is 11.6 Å². The Kier molecular flexibility index (Phi) is 10.2. The van der Waals surface area contributed by atoms with Gasteiger partial charge in [0.2, 0.25) is 0 Å². The number of thioether (sulfide) groups is 1. The zero-order chi connectivity index (χ0) is 30.1. The number of aromatic nitrogens is 3. The topological polar surface area (TPSA) is 77.3 Å². The van der Waals surface area contributed by atoms with Crippen LogP contribution in [0.4, 0.5) is 0 Å². The Labute approximate surface area is 257 Å². The number of hydrogen-bond donors (Lipinski definition) is 0. The number of likely N-dealkylation sites (tertiary alicyclic amines) is 1. The van der Waals surface area contributed by atoms with E-state index in [1.54, 1.807) is 13.1 Å². The van der Waals surface area contributed by atoms with Gasteiger partial charge in [0.05, 0.1) is 24.0 Å². The Hall–Kier alpha value is -4.01. The first-order valence-electron chi connectivity index (χ1n) is 14.9. The first-order chi connectivity index (χ1) is 21.0. The van der Waals surface area contributed by atoms with Crippen LogP contribution in [0, 0.1) is 0 Å². The number of ether oxygens (including phenoxy) is 1. The van der Waals surface area contributed by atoms with Crippen LogP contribution in [0.2, 0.25) is 0 Å². The summed E-state index contributed by atoms with van der Waals surface area (Å²) in [4.78, 5) is 26.8. The molecule has 1 atom stereocenters. The smallest absolute Gasteiger partial charge is 0.305 e. The van der Waals surface area contributed by atoms with E-state index < -0.39 is 5.54 Å². The number of benzene rings is 3. The lowest BCUT2D eigenvalue weighted by atomic mass is 9.74. The van der Waals surface area contributed by atoms with Crippen LogP contribution in [0.1, 0.15) is 55.5 Å². The van der Waals surface area contributed by atoms with E-state index >= 15 is 0 Å². The second-order valence-corrected chi connectivity index (χ2v) is 12.0. The van der Waals surface area contributed by atoms with Gasteiger partial charge >= 0.3 is 5.97 Å². The first kappa shape index (κ1) is 30.4. The molecule has 0 saturated carbocycles. The Morgan fingerprint density at radius 2 is 1.53 bits per heavy atom. The molecule has 0 aliphatic carbocycles. The van der Waals surface area contributed by atoms with Gasteiger partial charge in [0.1, 0.15) is 0 Å². The fourth-order valence-electron chi connectivity index (χ4n) is 6.05. The maximum Gasteiger partial charge on any atom is 0.305 e. The molecule has 8 heteroatoms. The fourth-order valence-corrected chi connectivity index (χ4v) is 6.97. The van der Waals surface area contributed by atoms with Crippen molar-refractivity contribution in [3.05, 3.63) is 125 Å². The van der Waals surface area contributed by atoms with Crippen molar-refractivity contribution in [2.75, 3.05) is 19.7 Å². The molecule has 3 aromatic carbocycles. The zero-order valence-electron chi connectivity index (χ0n) is 24.8. The van der Waals surface area contributed by atoms with Gasteiger partial charge in [-0.1, -0.05) is 108 Å². The highest BCUT2D eigenvalue weighted by molar-refractivity contribution is 8.14. The molecule has 1 saturated heterocycles. The normalized spacial score (nSPS) is 16.7. The van der Waals surface area contributed by atoms with Crippen molar-refractivity contribution in [3.63, 3.8) is 0 Å². The minimum atomic E-state index is -0.549. The minimum absolute atomic E-state index is 0.0386. The average molecular weight is 595 g/mol. The SMILES string of the molecule is CCOC(=O)CCCn1nncc1C=C1CN(C(c2ccccc2)(c2ccccc2)c2ccccc2)CCC1SC(C)=O. The summed E-state index contributed by atoms with van der Waals surface area (Å²) in [5.74, 6) is -0.206. The standard InChI is InChI=1S/C35H38N4O3S/c1-3-42-34(41)20-13-22-39-32(25-36-37-39)24-28-26-38(23-21-33(28)43-27(2)40)35(29-14-7-4-8-15-29,30-16-9-5-10-17-30)31-18-11-6-12-19-31/h4-12,14-19,24-25,33H,3,13,20-23,26H2,1-2H3. The lowest BCUT2D eigenvalue weighted by Gasteiger charge is -2.49. The third-order valence-electron chi connectivity index (χ3n) is 7.84. The third-order valence-corrected chi connectivity index (χ3v) is 9.00. The molecular formula is C35H38N4O3S. The second kappa shape index (κ2) is 14.4. The van der Waals surface area contributed by atoms with Gasteiger partial charge in [-0.05, 0) is 48.1 Å². The summed E-state index contributed by atoms with van der Waals surface area (Å²) in [6, 6.07) is 32.1. The maximum atomic E-state index is 12.4. The van der Waals surface area contributed by atoms with E-state index in [0.717, 1.165) is 24.2 Å². The molecular weight excluding hydrogens is 556 g/mol. The molecule has 1 aliphatic heterocycles. The number of aryl methyl sites for hydroxylation is 1. The minimum Gasteiger partial charge on any atom is -0.466 e. The largest absolute Gasteiger partial charge is 0.466 e. The van der Waals surface area contributed by atoms with Crippen molar-refractivity contribution in [2.24, 2.45) is 0 Å². The molecule has 1 fully saturated rings. The van der Waals surface area contributed by atoms with Crippen LogP contribution < -0.4 is 0 Å². The summed E-state index contributed by atoms with van der Waals surface area (Å²) in [5.41, 5.74) is 5.03. The highest BCUT2D eigenvalue weighted by Crippen LogP contribution is 2.45. The first-order valence-corrected chi connectivity index (χ1v) is 15.7. The lowest BCUT2D eigenvalue weighted by Crippen LogP contribution is -2.52. The zero-order valence-corrected chi connectivity index (χ0v) is 25.6. The van der Waals surface area contributed by atoms with E-state index in [-0.39, 0.29) is 16.3 Å². The number of piperidine rings is 1. The Balaban J connectivity index is 1.57. The van der Waals surface area contributed by atoms with Gasteiger partial charge < -0.3 is 4.74 Å². The van der Waals surface area contributed by atoms with Crippen LogP contribution >= 0.6 is 11.8 Å². The highest BCUT2D eigenvalue weighted by Gasteiger charge is 2.44. The van der Waals surface area contributed by atoms with Gasteiger partial charge in [-0.15, -0.1) is 5.10 Å². The summed E-state index contributed by atoms with van der Waals surface area (Å²) in [6.45, 7) is 5.83. The summed E-state index contributed by atoms with van der Waals surface area (Å²) in [5, 5.41) is 8.63. The Morgan fingerprint density at radius 1 is 0.953 bits per heavy atom. The molecule has 0 amide bonds. The van der Waals surface area contributed by atoms with Gasteiger partial charge in [-0.25, -0.2) is 4.68 Å². The van der Waals surface area contributed by atoms with E-state index in [1.165, 1.54) is 28.5 Å². The van der Waals surface area contributed by atoms with Crippen molar-refractivity contribution in [3.8, 4) is 0 Å². The van der Waals surface area contributed by atoms with Gasteiger partial charge in [0, 0.05) is 38.2 Å². The number of esters is 1. The molecule has 0 bridgehead atoms. The van der Waals surface area contributed by atoms with Crippen LogP contribution in [-0.4, -0.2) is 55.9 Å². The molecule has 2 heterocycles. The van der Waals surface area contributed by atoms with E-state index in [9.17, 15) is 9.59 Å². The van der Waals surface area contributed by atoms with Crippen molar-refractivity contribution in [1.82, 2.24) is 19.9 Å². The predicted octanol–water partition coefficient (Wildman–Crippen LogP) is 6.35. The van der Waals surface area contributed by atoms with Crippen molar-refractivity contribution < 1.29 is 14.3 Å². The average Bonchev–Trinajstić information content (AvgIpc) is 3.47. The number of carbonyl (C=O) groups excluding carboxylic acids is 2. The van der Waals surface area contributed by atoms with Crippen molar-refractivity contribution in [2.45, 2.75) is 50.4 Å². The van der Waals surface area contributed by atoms with Crippen molar-refractivity contribution >= 4 is 28.9 Å². The quantitative estimate of drug-likeness (QED) is 0.148. The van der Waals surface area contributed by atoms with Crippen LogP contribution in [0.15, 0.2) is 103 Å². The molecule has 1 aromatic heterocycles. The number of rotatable bonds is 11. The van der Waals surface area contributed by atoms with Gasteiger partial charge in [0.15, 0.2) is 5.12 Å². The molecule has 0 N–H and O–H groups in total. The summed E-state index contributed by atoms with van der Waals surface area (Å²) >= 11 is 1.39. The van der Waals surface area contributed by atoms with Crippen LogP contribution in [-0.2, 0) is 26.4 Å². The summed E-state index contributed by atoms with van der Waals surface area (Å²) < 4.78 is 6.91. The lowest BCUT2D eigenvalue weighted by molar-refractivity contribution is -0.143. The van der Waals surface area contributed by atoms with Crippen LogP contribution in [0.5, 0.6) is 0 Å². The Bertz CT molecular complexity index is 1430. The molecule has 4 aromatic rings. The predicted molar refractivity (Wildman–Crippen MR) is 171 cm³/mol. The molecule has 0 spiro atoms. The van der Waals surface area contributed by atoms with Crippen LogP contribution in [0.3, 0.4) is 0 Å². The van der Waals surface area contributed by atoms with E-state index in [4.69, 9.17) is 4.74 Å². The number of nitrogens with zero attached hydrogens (tertiary/aromatic N) is 4. The highest BCUT2D eigenvalue weighted by atomic mass is 32.2. The maximum absolute atomic E-state index is 12.4. The van der Waals surface area contributed by atoms with Crippen molar-refractivity contribution in [1.29, 1.82) is 0 Å². The second-order valence-electron chi connectivity index (χ2n) is 10.6. The molecule has 0 radical (unpaired) electrons. The monoisotopic (exact) mass is 594 g/mol. The molecule has 43 heavy (non-hydrogen) atoms. The molecule has 5 rings (SSSR count). The molecule has 1 unspecified atom stereocenters. The van der Waals surface area contributed by atoms with Gasteiger partial charge in [-0.2, -0.15) is 0 Å². The van der Waals surface area contributed by atoms with Gasteiger partial charge in [0.25, 0.3) is 0 Å². The summed E-state index contributed by atoms with van der Waals surface area (Å²) in [6.07, 6.45) is 5.64. The fraction of sp³-hybridized carbons (Fsp3) is 0.314. The van der Waals surface area contributed by atoms with Crippen LogP contribution in [0.25, 0.3) is 6.08 Å². The molecule has 1 aliphatic rings.